The second kappa shape index (κ2) is 10.3. The number of hydrogen-bond donors (Lipinski definition) is 0. The largest absolute Gasteiger partial charge is 0.454 e. The number of sulfonamides is 1. The summed E-state index contributed by atoms with van der Waals surface area (Å²) in [7, 11) is -3.77. The van der Waals surface area contributed by atoms with Crippen molar-refractivity contribution in [2.24, 2.45) is 0 Å². The summed E-state index contributed by atoms with van der Waals surface area (Å²) in [5.74, 6) is -1.23. The number of rotatable bonds is 10. The van der Waals surface area contributed by atoms with Crippen LogP contribution in [0.2, 0.25) is 5.02 Å². The van der Waals surface area contributed by atoms with Gasteiger partial charge in [0.25, 0.3) is 0 Å². The molecule has 0 N–H and O–H groups in total. The topological polar surface area (TPSA) is 85.7 Å². The number of aromatic nitrogens is 1. The Labute approximate surface area is 188 Å². The Balaban J connectivity index is 2.22. The molecule has 0 spiro atoms. The maximum atomic E-state index is 12.7. The molecule has 0 aliphatic carbocycles. The molecule has 2 aromatic rings. The number of halogens is 1. The summed E-state index contributed by atoms with van der Waals surface area (Å²) < 4.78 is 33.8. The zero-order chi connectivity index (χ0) is 23.3. The molecule has 0 aliphatic rings. The van der Waals surface area contributed by atoms with E-state index in [1.807, 2.05) is 18.4 Å². The standard InChI is InChI=1S/C22H27ClN2O5S/c1-6-11-25-15(4)12-18(16(25)5)21(26)14-30-22(27)19-13-17(9-10-20(19)23)31(28,29)24(7-2)8-3/h6,9-10,12-13H,1,7-8,11,14H2,2-5H3. The van der Waals surface area contributed by atoms with Crippen molar-refractivity contribution in [3.05, 3.63) is 64.5 Å². The fourth-order valence-electron chi connectivity index (χ4n) is 3.31. The van der Waals surface area contributed by atoms with E-state index < -0.39 is 22.6 Å². The van der Waals surface area contributed by atoms with Gasteiger partial charge in [0.2, 0.25) is 15.8 Å². The van der Waals surface area contributed by atoms with E-state index in [4.69, 9.17) is 16.3 Å². The highest BCUT2D eigenvalue weighted by molar-refractivity contribution is 7.89. The van der Waals surface area contributed by atoms with Gasteiger partial charge >= 0.3 is 5.97 Å². The summed E-state index contributed by atoms with van der Waals surface area (Å²) in [4.78, 5) is 25.1. The molecule has 1 aromatic heterocycles. The van der Waals surface area contributed by atoms with Crippen LogP contribution in [-0.4, -0.2) is 48.7 Å². The average molecular weight is 467 g/mol. The second-order valence-electron chi connectivity index (χ2n) is 6.91. The predicted molar refractivity (Wildman–Crippen MR) is 120 cm³/mol. The van der Waals surface area contributed by atoms with Gasteiger partial charge in [0, 0.05) is 36.6 Å². The van der Waals surface area contributed by atoms with Crippen LogP contribution in [0.25, 0.3) is 0 Å². The zero-order valence-corrected chi connectivity index (χ0v) is 19.7. The Kier molecular flexibility index (Phi) is 8.22. The number of carbonyl (C=O) groups is 2. The minimum atomic E-state index is -3.77. The van der Waals surface area contributed by atoms with Gasteiger partial charge in [-0.3, -0.25) is 4.79 Å². The first-order valence-corrected chi connectivity index (χ1v) is 11.7. The van der Waals surface area contributed by atoms with Gasteiger partial charge in [-0.1, -0.05) is 31.5 Å². The molecule has 2 rings (SSSR count). The maximum Gasteiger partial charge on any atom is 0.340 e. The van der Waals surface area contributed by atoms with Crippen LogP contribution in [0.5, 0.6) is 0 Å². The predicted octanol–water partition coefficient (Wildman–Crippen LogP) is 4.01. The molecule has 1 aromatic carbocycles. The number of Topliss-reactive ketones (excluding diaryl/α,β-unsaturated/α-hetero) is 1. The lowest BCUT2D eigenvalue weighted by atomic mass is 10.1. The molecule has 0 unspecified atom stereocenters. The third-order valence-corrected chi connectivity index (χ3v) is 7.40. The van der Waals surface area contributed by atoms with Crippen molar-refractivity contribution < 1.29 is 22.7 Å². The molecule has 1 heterocycles. The lowest BCUT2D eigenvalue weighted by Gasteiger charge is -2.19. The highest BCUT2D eigenvalue weighted by Gasteiger charge is 2.25. The number of esters is 1. The molecule has 0 amide bonds. The minimum absolute atomic E-state index is 0.0418. The highest BCUT2D eigenvalue weighted by Crippen LogP contribution is 2.24. The van der Waals surface area contributed by atoms with E-state index in [-0.39, 0.29) is 21.3 Å². The number of allylic oxidation sites excluding steroid dienone is 1. The van der Waals surface area contributed by atoms with Crippen molar-refractivity contribution in [1.82, 2.24) is 8.87 Å². The van der Waals surface area contributed by atoms with Crippen LogP contribution in [0.1, 0.15) is 46.0 Å². The summed E-state index contributed by atoms with van der Waals surface area (Å²) in [5.41, 5.74) is 1.99. The molecule has 7 nitrogen and oxygen atoms in total. The van der Waals surface area contributed by atoms with Gasteiger partial charge in [0.1, 0.15) is 0 Å². The monoisotopic (exact) mass is 466 g/mol. The van der Waals surface area contributed by atoms with Crippen LogP contribution >= 0.6 is 11.6 Å². The van der Waals surface area contributed by atoms with Crippen LogP contribution in [0.4, 0.5) is 0 Å². The van der Waals surface area contributed by atoms with Crippen molar-refractivity contribution in [3.8, 4) is 0 Å². The van der Waals surface area contributed by atoms with Gasteiger partial charge in [0.15, 0.2) is 6.61 Å². The number of carbonyl (C=O) groups excluding carboxylic acids is 2. The molecule has 168 valence electrons. The number of nitrogens with zero attached hydrogens (tertiary/aromatic N) is 2. The minimum Gasteiger partial charge on any atom is -0.454 e. The van der Waals surface area contributed by atoms with Gasteiger partial charge in [-0.05, 0) is 38.1 Å². The Morgan fingerprint density at radius 2 is 1.81 bits per heavy atom. The van der Waals surface area contributed by atoms with E-state index in [0.717, 1.165) is 11.4 Å². The van der Waals surface area contributed by atoms with E-state index in [1.54, 1.807) is 26.0 Å². The highest BCUT2D eigenvalue weighted by atomic mass is 35.5. The number of ether oxygens (including phenoxy) is 1. The molecule has 0 radical (unpaired) electrons. The van der Waals surface area contributed by atoms with Gasteiger partial charge in [0.05, 0.1) is 15.5 Å². The normalized spacial score (nSPS) is 11.5. The van der Waals surface area contributed by atoms with Crippen molar-refractivity contribution in [2.75, 3.05) is 19.7 Å². The van der Waals surface area contributed by atoms with Crippen molar-refractivity contribution in [2.45, 2.75) is 39.1 Å². The van der Waals surface area contributed by atoms with E-state index in [2.05, 4.69) is 6.58 Å². The Morgan fingerprint density at radius 3 is 2.39 bits per heavy atom. The SMILES string of the molecule is C=CCn1c(C)cc(C(=O)COC(=O)c2cc(S(=O)(=O)N(CC)CC)ccc2Cl)c1C. The number of hydrogen-bond acceptors (Lipinski definition) is 5. The van der Waals surface area contributed by atoms with Gasteiger partial charge < -0.3 is 9.30 Å². The number of benzene rings is 1. The maximum absolute atomic E-state index is 12.7. The zero-order valence-electron chi connectivity index (χ0n) is 18.1. The van der Waals surface area contributed by atoms with Crippen LogP contribution in [0, 0.1) is 13.8 Å². The Morgan fingerprint density at radius 1 is 1.16 bits per heavy atom. The molecule has 31 heavy (non-hydrogen) atoms. The van der Waals surface area contributed by atoms with Crippen molar-refractivity contribution in [1.29, 1.82) is 0 Å². The first-order chi connectivity index (χ1) is 14.6. The van der Waals surface area contributed by atoms with Crippen molar-refractivity contribution in [3.63, 3.8) is 0 Å². The van der Waals surface area contributed by atoms with Gasteiger partial charge in [-0.15, -0.1) is 6.58 Å². The smallest absolute Gasteiger partial charge is 0.340 e. The molecule has 0 aliphatic heterocycles. The lowest BCUT2D eigenvalue weighted by Crippen LogP contribution is -2.30. The van der Waals surface area contributed by atoms with Crippen LogP contribution < -0.4 is 0 Å². The molecule has 0 fully saturated rings. The van der Waals surface area contributed by atoms with E-state index in [0.29, 0.717) is 25.2 Å². The third kappa shape index (κ3) is 5.26. The molecule has 0 saturated heterocycles. The average Bonchev–Trinajstić information content (AvgIpc) is 3.01. The fourth-order valence-corrected chi connectivity index (χ4v) is 4.99. The van der Waals surface area contributed by atoms with Gasteiger partial charge in [-0.25, -0.2) is 13.2 Å². The molecule has 0 bridgehead atoms. The summed E-state index contributed by atoms with van der Waals surface area (Å²) in [6, 6.07) is 5.59. The first kappa shape index (κ1) is 24.8. The summed E-state index contributed by atoms with van der Waals surface area (Å²) in [6.45, 7) is 11.5. The molecule has 9 heteroatoms. The van der Waals surface area contributed by atoms with E-state index in [1.165, 1.54) is 22.5 Å². The summed E-state index contributed by atoms with van der Waals surface area (Å²) >= 11 is 6.10. The van der Waals surface area contributed by atoms with E-state index in [9.17, 15) is 18.0 Å². The van der Waals surface area contributed by atoms with Gasteiger partial charge in [-0.2, -0.15) is 4.31 Å². The Bertz CT molecular complexity index is 1100. The van der Waals surface area contributed by atoms with Crippen LogP contribution in [0.15, 0.2) is 41.8 Å². The quantitative estimate of drug-likeness (QED) is 0.300. The lowest BCUT2D eigenvalue weighted by molar-refractivity contribution is 0.0474. The third-order valence-electron chi connectivity index (χ3n) is 5.02. The molecular formula is C22H27ClN2O5S. The van der Waals surface area contributed by atoms with Crippen LogP contribution in [0.3, 0.4) is 0 Å². The molecule has 0 saturated carbocycles. The second-order valence-corrected chi connectivity index (χ2v) is 9.26. The van der Waals surface area contributed by atoms with Crippen molar-refractivity contribution >= 4 is 33.4 Å². The summed E-state index contributed by atoms with van der Waals surface area (Å²) in [5, 5.41) is 0.0418. The molecular weight excluding hydrogens is 440 g/mol. The van der Waals surface area contributed by atoms with E-state index >= 15 is 0 Å². The Hall–Kier alpha value is -2.42. The summed E-state index contributed by atoms with van der Waals surface area (Å²) in [6.07, 6.45) is 1.73. The number of aryl methyl sites for hydroxylation is 1. The first-order valence-electron chi connectivity index (χ1n) is 9.86. The molecule has 0 atom stereocenters. The fraction of sp³-hybridized carbons (Fsp3) is 0.364. The van der Waals surface area contributed by atoms with Crippen LogP contribution in [-0.2, 0) is 21.3 Å². The number of ketones is 1.